The van der Waals surface area contributed by atoms with Crippen LogP contribution in [0, 0.1) is 5.92 Å². The van der Waals surface area contributed by atoms with Crippen molar-refractivity contribution in [2.24, 2.45) is 5.92 Å². The fourth-order valence-electron chi connectivity index (χ4n) is 5.19. The molecule has 3 heteroatoms. The first-order valence-corrected chi connectivity index (χ1v) is 14.7. The summed E-state index contributed by atoms with van der Waals surface area (Å²) in [6.45, 7) is 2.01. The summed E-state index contributed by atoms with van der Waals surface area (Å²) >= 11 is 1.73. The molecule has 0 amide bonds. The second kappa shape index (κ2) is 12.3. The van der Waals surface area contributed by atoms with E-state index in [1.807, 2.05) is 19.1 Å². The number of nitrogens with zero attached hydrogens (tertiary/aromatic N) is 1. The van der Waals surface area contributed by atoms with E-state index in [1.165, 1.54) is 43.8 Å². The lowest BCUT2D eigenvalue weighted by molar-refractivity contribution is 0.717. The van der Waals surface area contributed by atoms with Gasteiger partial charge >= 0.3 is 0 Å². The highest BCUT2D eigenvalue weighted by Gasteiger charge is 2.10. The Morgan fingerprint density at radius 2 is 1.59 bits per heavy atom. The Morgan fingerprint density at radius 1 is 0.854 bits per heavy atom. The van der Waals surface area contributed by atoms with Crippen molar-refractivity contribution < 1.29 is 4.39 Å². The topological polar surface area (TPSA) is 12.9 Å². The Morgan fingerprint density at radius 3 is 2.37 bits per heavy atom. The molecule has 1 aromatic heterocycles. The fraction of sp³-hybridized carbons (Fsp3) is 0.0789. The molecule has 0 aliphatic heterocycles. The number of hydrogen-bond acceptors (Lipinski definition) is 2. The van der Waals surface area contributed by atoms with E-state index in [-0.39, 0.29) is 5.92 Å². The monoisotopic (exact) mass is 551 g/mol. The number of halogens is 1. The van der Waals surface area contributed by atoms with Crippen LogP contribution >= 0.6 is 11.3 Å². The van der Waals surface area contributed by atoms with E-state index in [1.54, 1.807) is 11.3 Å². The third-order valence-electron chi connectivity index (χ3n) is 7.33. The summed E-state index contributed by atoms with van der Waals surface area (Å²) in [4.78, 5) is 4.80. The van der Waals surface area contributed by atoms with Crippen LogP contribution in [0.5, 0.6) is 0 Å². The zero-order chi connectivity index (χ0) is 28.0. The van der Waals surface area contributed by atoms with Gasteiger partial charge in [-0.05, 0) is 76.2 Å². The van der Waals surface area contributed by atoms with Crippen LogP contribution in [0.25, 0.3) is 48.3 Å². The van der Waals surface area contributed by atoms with Crippen LogP contribution in [0.1, 0.15) is 18.9 Å². The van der Waals surface area contributed by atoms with Crippen LogP contribution < -0.4 is 0 Å². The third kappa shape index (κ3) is 5.96. The van der Waals surface area contributed by atoms with Crippen LogP contribution in [0.15, 0.2) is 152 Å². The van der Waals surface area contributed by atoms with Crippen molar-refractivity contribution in [3.8, 4) is 21.7 Å². The van der Waals surface area contributed by atoms with E-state index < -0.39 is 0 Å². The highest BCUT2D eigenvalue weighted by molar-refractivity contribution is 7.21. The van der Waals surface area contributed by atoms with E-state index in [2.05, 4.69) is 121 Å². The van der Waals surface area contributed by atoms with Crippen LogP contribution in [-0.4, -0.2) is 4.98 Å². The van der Waals surface area contributed by atoms with E-state index in [0.29, 0.717) is 12.8 Å². The minimum absolute atomic E-state index is 0.150. The standard InChI is InChI=1S/C38H30FNS/c1-2-8-27(9-5-6-24-39)28-10-7-11-29(15-14-28)32-20-22-35-26-33(21-23-34(35)25-32)30-16-18-31(19-17-30)38-40-36-12-3-4-13-37(36)41-38/h2-4,6-26,28H,5H2,1H3/b8-2-,24-6+,27-9-. The maximum Gasteiger partial charge on any atom is 0.124 e. The summed E-state index contributed by atoms with van der Waals surface area (Å²) in [7, 11) is 0. The van der Waals surface area contributed by atoms with Crippen LogP contribution in [0.2, 0.25) is 0 Å². The molecule has 1 aliphatic rings. The third-order valence-corrected chi connectivity index (χ3v) is 8.42. The van der Waals surface area contributed by atoms with Gasteiger partial charge in [0, 0.05) is 11.5 Å². The highest BCUT2D eigenvalue weighted by atomic mass is 32.1. The van der Waals surface area contributed by atoms with Crippen molar-refractivity contribution in [3.05, 3.63) is 157 Å². The summed E-state index contributed by atoms with van der Waals surface area (Å²) < 4.78 is 13.6. The largest absolute Gasteiger partial charge is 0.236 e. The maximum atomic E-state index is 12.4. The normalized spacial score (nSPS) is 15.8. The molecule has 1 heterocycles. The van der Waals surface area contributed by atoms with Crippen LogP contribution in [0.3, 0.4) is 0 Å². The fourth-order valence-corrected chi connectivity index (χ4v) is 6.16. The number of fused-ring (bicyclic) bond motifs is 2. The van der Waals surface area contributed by atoms with E-state index in [9.17, 15) is 4.39 Å². The number of benzene rings is 4. The molecular formula is C38H30FNS. The van der Waals surface area contributed by atoms with E-state index in [0.717, 1.165) is 21.7 Å². The van der Waals surface area contributed by atoms with Crippen molar-refractivity contribution in [3.63, 3.8) is 0 Å². The van der Waals surface area contributed by atoms with Gasteiger partial charge in [0.1, 0.15) is 5.01 Å². The highest BCUT2D eigenvalue weighted by Crippen LogP contribution is 2.33. The minimum atomic E-state index is 0.150. The van der Waals surface area contributed by atoms with Crippen LogP contribution in [0.4, 0.5) is 4.39 Å². The molecule has 0 saturated carbocycles. The van der Waals surface area contributed by atoms with Crippen LogP contribution in [-0.2, 0) is 0 Å². The van der Waals surface area contributed by atoms with E-state index in [4.69, 9.17) is 4.98 Å². The lowest BCUT2D eigenvalue weighted by Gasteiger charge is -2.10. The zero-order valence-electron chi connectivity index (χ0n) is 22.9. The zero-order valence-corrected chi connectivity index (χ0v) is 23.7. The quantitative estimate of drug-likeness (QED) is 0.183. The Hall–Kier alpha value is -4.60. The predicted molar refractivity (Wildman–Crippen MR) is 176 cm³/mol. The Bertz CT molecular complexity index is 1850. The second-order valence-corrected chi connectivity index (χ2v) is 11.1. The smallest absolute Gasteiger partial charge is 0.124 e. The minimum Gasteiger partial charge on any atom is -0.236 e. The number of para-hydroxylation sites is 1. The molecule has 0 radical (unpaired) electrons. The van der Waals surface area contributed by atoms with Gasteiger partial charge in [0.2, 0.25) is 0 Å². The average Bonchev–Trinajstić information content (AvgIpc) is 3.30. The SMILES string of the molecule is C/C=C\C(=C\C/C=C/F)C1C=CC=C(c2ccc3cc(-c4ccc(-c5nc6ccccc6s5)cc4)ccc3c2)C=C1. The maximum absolute atomic E-state index is 12.4. The predicted octanol–water partition coefficient (Wildman–Crippen LogP) is 11.3. The molecule has 1 nitrogen and oxygen atoms in total. The van der Waals surface area contributed by atoms with Gasteiger partial charge in [-0.2, -0.15) is 0 Å². The Labute approximate surface area is 244 Å². The first-order chi connectivity index (χ1) is 20.2. The van der Waals surface area contributed by atoms with E-state index >= 15 is 0 Å². The van der Waals surface area contributed by atoms with Gasteiger partial charge in [-0.1, -0.05) is 115 Å². The summed E-state index contributed by atoms with van der Waals surface area (Å²) in [5.41, 5.74) is 8.10. The summed E-state index contributed by atoms with van der Waals surface area (Å²) in [6, 6.07) is 30.3. The van der Waals surface area contributed by atoms with Gasteiger partial charge in [-0.3, -0.25) is 0 Å². The summed E-state index contributed by atoms with van der Waals surface area (Å²) in [6.07, 6.45) is 19.8. The van der Waals surface area contributed by atoms with Crippen molar-refractivity contribution in [1.82, 2.24) is 4.98 Å². The lowest BCUT2D eigenvalue weighted by atomic mass is 9.95. The van der Waals surface area contributed by atoms with Gasteiger partial charge in [-0.15, -0.1) is 11.3 Å². The molecule has 1 atom stereocenters. The molecule has 0 saturated heterocycles. The van der Waals surface area contributed by atoms with Crippen molar-refractivity contribution in [2.75, 3.05) is 0 Å². The molecule has 6 rings (SSSR count). The molecule has 1 aliphatic carbocycles. The molecule has 0 fully saturated rings. The average molecular weight is 552 g/mol. The Kier molecular flexibility index (Phi) is 7.97. The molecule has 0 spiro atoms. The number of rotatable bonds is 7. The molecule has 41 heavy (non-hydrogen) atoms. The van der Waals surface area contributed by atoms with Gasteiger partial charge in [0.15, 0.2) is 0 Å². The first kappa shape index (κ1) is 26.6. The lowest BCUT2D eigenvalue weighted by Crippen LogP contribution is -1.95. The molecule has 1 unspecified atom stereocenters. The van der Waals surface area contributed by atoms with Gasteiger partial charge in [0.05, 0.1) is 16.5 Å². The van der Waals surface area contributed by atoms with Gasteiger partial charge in [-0.25, -0.2) is 9.37 Å². The molecule has 5 aromatic rings. The number of hydrogen-bond donors (Lipinski definition) is 0. The molecule has 0 N–H and O–H groups in total. The molecule has 0 bridgehead atoms. The molecule has 4 aromatic carbocycles. The summed E-state index contributed by atoms with van der Waals surface area (Å²) in [5.74, 6) is 0.150. The Balaban J connectivity index is 1.21. The van der Waals surface area contributed by atoms with Crippen molar-refractivity contribution in [1.29, 1.82) is 0 Å². The second-order valence-electron chi connectivity index (χ2n) is 10.0. The summed E-state index contributed by atoms with van der Waals surface area (Å²) in [5, 5.41) is 3.48. The van der Waals surface area contributed by atoms with Gasteiger partial charge < -0.3 is 0 Å². The number of thiazole rings is 1. The molecular weight excluding hydrogens is 521 g/mol. The number of aromatic nitrogens is 1. The van der Waals surface area contributed by atoms with Gasteiger partial charge in [0.25, 0.3) is 0 Å². The van der Waals surface area contributed by atoms with Crippen molar-refractivity contribution >= 4 is 37.9 Å². The molecule has 200 valence electrons. The van der Waals surface area contributed by atoms with Crippen molar-refractivity contribution in [2.45, 2.75) is 13.3 Å². The number of allylic oxidation sites excluding steroid dienone is 11. The first-order valence-electron chi connectivity index (χ1n) is 13.9.